The second-order valence-corrected chi connectivity index (χ2v) is 12.6. The molecule has 2 rings (SSSR count). The molecule has 0 amide bonds. The first-order chi connectivity index (χ1) is 11.2. The SMILES string of the molecule is C=CCOc1ccc2c(c1)CCC=C2C(=C)O[Si](C)(C)C(C)(C)C. The van der Waals surface area contributed by atoms with E-state index in [1.807, 2.05) is 6.07 Å². The van der Waals surface area contributed by atoms with Crippen LogP contribution in [0.5, 0.6) is 5.75 Å². The highest BCUT2D eigenvalue weighted by molar-refractivity contribution is 6.74. The van der Waals surface area contributed by atoms with Gasteiger partial charge in [-0.1, -0.05) is 52.1 Å². The summed E-state index contributed by atoms with van der Waals surface area (Å²) in [5.74, 6) is 1.70. The van der Waals surface area contributed by atoms with E-state index < -0.39 is 8.32 Å². The van der Waals surface area contributed by atoms with Gasteiger partial charge in [-0.25, -0.2) is 0 Å². The predicted molar refractivity (Wildman–Crippen MR) is 106 cm³/mol. The molecule has 0 saturated carbocycles. The zero-order chi connectivity index (χ0) is 18.0. The molecule has 1 aromatic rings. The molecule has 0 radical (unpaired) electrons. The standard InChI is InChI=1S/C21H30O2Si/c1-8-14-22-18-12-13-20-17(15-18)10-9-11-19(20)16(2)23-24(6,7)21(3,4)5/h8,11-13,15H,1-2,9-10,14H2,3-7H3. The van der Waals surface area contributed by atoms with Crippen molar-refractivity contribution in [3.8, 4) is 5.75 Å². The third kappa shape index (κ3) is 4.01. The lowest BCUT2D eigenvalue weighted by Crippen LogP contribution is -2.40. The lowest BCUT2D eigenvalue weighted by atomic mass is 9.90. The molecule has 3 heteroatoms. The van der Waals surface area contributed by atoms with Gasteiger partial charge >= 0.3 is 0 Å². The second kappa shape index (κ2) is 7.02. The summed E-state index contributed by atoms with van der Waals surface area (Å²) in [6.45, 7) is 19.7. The summed E-state index contributed by atoms with van der Waals surface area (Å²) < 4.78 is 12.1. The van der Waals surface area contributed by atoms with Crippen molar-refractivity contribution in [2.24, 2.45) is 0 Å². The van der Waals surface area contributed by atoms with Crippen molar-refractivity contribution in [2.75, 3.05) is 6.61 Å². The van der Waals surface area contributed by atoms with E-state index in [9.17, 15) is 0 Å². The van der Waals surface area contributed by atoms with Gasteiger partial charge in [0.25, 0.3) is 0 Å². The fourth-order valence-corrected chi connectivity index (χ4v) is 3.58. The molecule has 2 nitrogen and oxygen atoms in total. The van der Waals surface area contributed by atoms with Crippen LogP contribution in [-0.2, 0) is 10.8 Å². The summed E-state index contributed by atoms with van der Waals surface area (Å²) in [5.41, 5.74) is 3.65. The molecule has 130 valence electrons. The maximum atomic E-state index is 6.43. The molecule has 0 spiro atoms. The first-order valence-electron chi connectivity index (χ1n) is 8.61. The van der Waals surface area contributed by atoms with Gasteiger partial charge in [-0.15, -0.1) is 0 Å². The van der Waals surface area contributed by atoms with Gasteiger partial charge in [-0.2, -0.15) is 0 Å². The summed E-state index contributed by atoms with van der Waals surface area (Å²) in [4.78, 5) is 0. The summed E-state index contributed by atoms with van der Waals surface area (Å²) in [5, 5.41) is 0.163. The van der Waals surface area contributed by atoms with Gasteiger partial charge in [0.15, 0.2) is 0 Å². The van der Waals surface area contributed by atoms with Crippen LogP contribution in [0.3, 0.4) is 0 Å². The first kappa shape index (κ1) is 18.6. The van der Waals surface area contributed by atoms with Crippen molar-refractivity contribution in [1.29, 1.82) is 0 Å². The molecule has 0 bridgehead atoms. The predicted octanol–water partition coefficient (Wildman–Crippen LogP) is 6.12. The molecule has 0 aromatic heterocycles. The molecule has 0 unspecified atom stereocenters. The Morgan fingerprint density at radius 1 is 1.29 bits per heavy atom. The van der Waals surface area contributed by atoms with Crippen LogP contribution in [0.1, 0.15) is 38.3 Å². The van der Waals surface area contributed by atoms with Crippen LogP contribution < -0.4 is 4.74 Å². The van der Waals surface area contributed by atoms with E-state index in [-0.39, 0.29) is 5.04 Å². The molecule has 1 aliphatic rings. The van der Waals surface area contributed by atoms with Gasteiger partial charge < -0.3 is 9.16 Å². The third-order valence-corrected chi connectivity index (χ3v) is 9.35. The molecule has 0 saturated heterocycles. The van der Waals surface area contributed by atoms with Gasteiger partial charge in [0.2, 0.25) is 8.32 Å². The van der Waals surface area contributed by atoms with Crippen molar-refractivity contribution in [3.63, 3.8) is 0 Å². The number of aryl methyl sites for hydroxylation is 1. The van der Waals surface area contributed by atoms with Crippen LogP contribution in [0.4, 0.5) is 0 Å². The summed E-state index contributed by atoms with van der Waals surface area (Å²) >= 11 is 0. The fraction of sp³-hybridized carbons (Fsp3) is 0.429. The van der Waals surface area contributed by atoms with Crippen LogP contribution in [0.15, 0.2) is 49.3 Å². The number of fused-ring (bicyclic) bond motifs is 1. The summed E-state index contributed by atoms with van der Waals surface area (Å²) in [6, 6.07) is 6.27. The Balaban J connectivity index is 2.23. The lowest BCUT2D eigenvalue weighted by molar-refractivity contribution is 0.362. The Kier molecular flexibility index (Phi) is 5.44. The Labute approximate surface area is 148 Å². The van der Waals surface area contributed by atoms with Crippen LogP contribution in [-0.4, -0.2) is 14.9 Å². The fourth-order valence-electron chi connectivity index (χ4n) is 2.55. The van der Waals surface area contributed by atoms with E-state index in [0.29, 0.717) is 6.61 Å². The first-order valence-corrected chi connectivity index (χ1v) is 11.5. The number of hydrogen-bond donors (Lipinski definition) is 0. The number of rotatable bonds is 6. The highest BCUT2D eigenvalue weighted by Gasteiger charge is 2.39. The van der Waals surface area contributed by atoms with Crippen molar-refractivity contribution in [1.82, 2.24) is 0 Å². The summed E-state index contributed by atoms with van der Waals surface area (Å²) in [6.07, 6.45) is 6.05. The molecular formula is C21H30O2Si. The number of benzene rings is 1. The number of ether oxygens (including phenoxy) is 1. The Hall–Kier alpha value is -1.74. The molecule has 1 aromatic carbocycles. The van der Waals surface area contributed by atoms with Gasteiger partial charge in [0.05, 0.1) is 0 Å². The molecule has 0 atom stereocenters. The largest absolute Gasteiger partial charge is 0.543 e. The molecule has 0 heterocycles. The van der Waals surface area contributed by atoms with Gasteiger partial charge in [-0.3, -0.25) is 0 Å². The molecule has 1 aliphatic carbocycles. The molecule has 0 fully saturated rings. The zero-order valence-corrected chi connectivity index (χ0v) is 16.7. The van der Waals surface area contributed by atoms with Crippen LogP contribution >= 0.6 is 0 Å². The molecule has 0 N–H and O–H groups in total. The van der Waals surface area contributed by atoms with E-state index in [0.717, 1.165) is 29.9 Å². The molecule has 0 aliphatic heterocycles. The van der Waals surface area contributed by atoms with Crippen LogP contribution in [0.2, 0.25) is 18.1 Å². The van der Waals surface area contributed by atoms with Gasteiger partial charge in [0.1, 0.15) is 18.1 Å². The number of hydrogen-bond acceptors (Lipinski definition) is 2. The van der Waals surface area contributed by atoms with Gasteiger partial charge in [0, 0.05) is 5.57 Å². The summed E-state index contributed by atoms with van der Waals surface area (Å²) in [7, 11) is -1.88. The average Bonchev–Trinajstić information content (AvgIpc) is 2.50. The van der Waals surface area contributed by atoms with Crippen molar-refractivity contribution in [2.45, 2.75) is 51.7 Å². The Morgan fingerprint density at radius 3 is 2.62 bits per heavy atom. The minimum absolute atomic E-state index is 0.163. The van der Waals surface area contributed by atoms with Crippen LogP contribution in [0.25, 0.3) is 5.57 Å². The topological polar surface area (TPSA) is 18.5 Å². The van der Waals surface area contributed by atoms with Crippen LogP contribution in [0, 0.1) is 0 Å². The minimum Gasteiger partial charge on any atom is -0.543 e. The Morgan fingerprint density at radius 2 is 2.00 bits per heavy atom. The van der Waals surface area contributed by atoms with E-state index >= 15 is 0 Å². The van der Waals surface area contributed by atoms with E-state index in [2.05, 4.69) is 65.2 Å². The highest BCUT2D eigenvalue weighted by atomic mass is 28.4. The monoisotopic (exact) mass is 342 g/mol. The number of allylic oxidation sites excluding steroid dienone is 2. The maximum absolute atomic E-state index is 6.43. The molecular weight excluding hydrogens is 312 g/mol. The van der Waals surface area contributed by atoms with E-state index in [4.69, 9.17) is 9.16 Å². The van der Waals surface area contributed by atoms with E-state index in [1.54, 1.807) is 6.08 Å². The van der Waals surface area contributed by atoms with Crippen molar-refractivity contribution < 1.29 is 9.16 Å². The molecule has 24 heavy (non-hydrogen) atoms. The highest BCUT2D eigenvalue weighted by Crippen LogP contribution is 2.41. The zero-order valence-electron chi connectivity index (χ0n) is 15.7. The Bertz CT molecular complexity index is 663. The van der Waals surface area contributed by atoms with Crippen molar-refractivity contribution in [3.05, 3.63) is 60.4 Å². The lowest BCUT2D eigenvalue weighted by Gasteiger charge is -2.38. The second-order valence-electron chi connectivity index (χ2n) is 7.86. The van der Waals surface area contributed by atoms with Gasteiger partial charge in [-0.05, 0) is 54.2 Å². The maximum Gasteiger partial charge on any atom is 0.250 e. The third-order valence-electron chi connectivity index (χ3n) is 4.98. The quantitative estimate of drug-likeness (QED) is 0.352. The van der Waals surface area contributed by atoms with E-state index in [1.165, 1.54) is 11.1 Å². The normalized spacial score (nSPS) is 14.5. The minimum atomic E-state index is -1.88. The average molecular weight is 343 g/mol. The smallest absolute Gasteiger partial charge is 0.250 e. The van der Waals surface area contributed by atoms with Crippen molar-refractivity contribution >= 4 is 13.9 Å².